The van der Waals surface area contributed by atoms with Gasteiger partial charge in [0.15, 0.2) is 15.0 Å². The predicted octanol–water partition coefficient (Wildman–Crippen LogP) is 3.32. The zero-order chi connectivity index (χ0) is 22.0. The van der Waals surface area contributed by atoms with Crippen LogP contribution in [-0.4, -0.2) is 41.4 Å². The van der Waals surface area contributed by atoms with E-state index in [4.69, 9.17) is 5.11 Å². The Hall–Kier alpha value is -2.07. The lowest BCUT2D eigenvalue weighted by atomic mass is 9.98. The molecule has 1 heterocycles. The number of hydrogen-bond acceptors (Lipinski definition) is 7. The van der Waals surface area contributed by atoms with E-state index in [1.165, 1.54) is 11.3 Å². The number of aromatic nitrogens is 1. The standard InChI is InChI=1S/C22H26N2O5S2/c25-12-20(26)19-13-30-22(23-19)24-21(27)18(11-14-3-1-2-4-14)15-5-7-16(8-6-15)31(28,29)17-9-10-17/h5-8,11,13-14,17,20,25-26H,1-4,9-10,12H2,(H,23,24,27)/t20-/m1/s1. The van der Waals surface area contributed by atoms with E-state index in [-0.39, 0.29) is 11.2 Å². The second-order valence-electron chi connectivity index (χ2n) is 8.12. The summed E-state index contributed by atoms with van der Waals surface area (Å²) < 4.78 is 24.9. The van der Waals surface area contributed by atoms with E-state index in [0.29, 0.717) is 45.6 Å². The van der Waals surface area contributed by atoms with Crippen molar-refractivity contribution in [3.63, 3.8) is 0 Å². The molecule has 2 fully saturated rings. The zero-order valence-electron chi connectivity index (χ0n) is 17.0. The molecule has 2 aliphatic rings. The molecule has 1 aromatic heterocycles. The van der Waals surface area contributed by atoms with Gasteiger partial charge in [-0.15, -0.1) is 11.3 Å². The van der Waals surface area contributed by atoms with Gasteiger partial charge in [0.25, 0.3) is 5.91 Å². The van der Waals surface area contributed by atoms with E-state index in [2.05, 4.69) is 10.3 Å². The second-order valence-corrected chi connectivity index (χ2v) is 11.2. The van der Waals surface area contributed by atoms with Crippen LogP contribution in [0.2, 0.25) is 0 Å². The predicted molar refractivity (Wildman–Crippen MR) is 119 cm³/mol. The van der Waals surface area contributed by atoms with Crippen LogP contribution >= 0.6 is 11.3 Å². The Morgan fingerprint density at radius 2 is 1.87 bits per heavy atom. The number of aliphatic hydroxyl groups excluding tert-OH is 2. The highest BCUT2D eigenvalue weighted by Gasteiger charge is 2.36. The number of rotatable bonds is 8. The van der Waals surface area contributed by atoms with Crippen LogP contribution < -0.4 is 5.32 Å². The molecule has 0 aliphatic heterocycles. The number of nitrogens with one attached hydrogen (secondary N) is 1. The van der Waals surface area contributed by atoms with Gasteiger partial charge in [0.2, 0.25) is 0 Å². The van der Waals surface area contributed by atoms with Crippen molar-refractivity contribution in [2.75, 3.05) is 11.9 Å². The number of benzene rings is 1. The highest BCUT2D eigenvalue weighted by atomic mass is 32.2. The first kappa shape index (κ1) is 22.1. The van der Waals surface area contributed by atoms with Crippen LogP contribution in [0.3, 0.4) is 0 Å². The van der Waals surface area contributed by atoms with Crippen molar-refractivity contribution < 1.29 is 23.4 Å². The SMILES string of the molecule is O=C(Nc1nc([C@H](O)CO)cs1)C(=CC1CCCC1)c1ccc(S(=O)(=O)C2CC2)cc1. The van der Waals surface area contributed by atoms with Gasteiger partial charge in [0, 0.05) is 11.0 Å². The number of nitrogens with zero attached hydrogens (tertiary/aromatic N) is 1. The molecule has 0 unspecified atom stereocenters. The van der Waals surface area contributed by atoms with Crippen molar-refractivity contribution in [2.24, 2.45) is 5.92 Å². The normalized spacial score (nSPS) is 18.8. The molecule has 7 nitrogen and oxygen atoms in total. The molecular weight excluding hydrogens is 436 g/mol. The molecule has 2 saturated carbocycles. The van der Waals surface area contributed by atoms with Crippen molar-refractivity contribution in [3.8, 4) is 0 Å². The number of aliphatic hydroxyl groups is 2. The van der Waals surface area contributed by atoms with Gasteiger partial charge in [-0.2, -0.15) is 0 Å². The van der Waals surface area contributed by atoms with Gasteiger partial charge in [-0.25, -0.2) is 13.4 Å². The minimum absolute atomic E-state index is 0.275. The minimum Gasteiger partial charge on any atom is -0.393 e. The zero-order valence-corrected chi connectivity index (χ0v) is 18.7. The van der Waals surface area contributed by atoms with Crippen molar-refractivity contribution in [1.82, 2.24) is 4.98 Å². The Morgan fingerprint density at radius 3 is 2.48 bits per heavy atom. The van der Waals surface area contributed by atoms with E-state index in [0.717, 1.165) is 25.7 Å². The van der Waals surface area contributed by atoms with E-state index < -0.39 is 22.5 Å². The largest absolute Gasteiger partial charge is 0.393 e. The van der Waals surface area contributed by atoms with Gasteiger partial charge in [-0.05, 0) is 49.3 Å². The van der Waals surface area contributed by atoms with Crippen LogP contribution in [0.4, 0.5) is 5.13 Å². The number of amides is 1. The first-order chi connectivity index (χ1) is 14.9. The van der Waals surface area contributed by atoms with Crippen LogP contribution in [-0.2, 0) is 14.6 Å². The van der Waals surface area contributed by atoms with Crippen LogP contribution in [0, 0.1) is 5.92 Å². The summed E-state index contributed by atoms with van der Waals surface area (Å²) in [5, 5.41) is 23.2. The molecule has 0 bridgehead atoms. The summed E-state index contributed by atoms with van der Waals surface area (Å²) in [6, 6.07) is 6.55. The number of carbonyl (C=O) groups excluding carboxylic acids is 1. The molecule has 0 saturated heterocycles. The van der Waals surface area contributed by atoms with Crippen molar-refractivity contribution >= 4 is 37.8 Å². The number of anilines is 1. The molecule has 31 heavy (non-hydrogen) atoms. The van der Waals surface area contributed by atoms with E-state index in [9.17, 15) is 18.3 Å². The Morgan fingerprint density at radius 1 is 1.19 bits per heavy atom. The molecule has 9 heteroatoms. The molecule has 2 aliphatic carbocycles. The average molecular weight is 463 g/mol. The van der Waals surface area contributed by atoms with Crippen molar-refractivity contribution in [3.05, 3.63) is 47.0 Å². The average Bonchev–Trinajstić information content (AvgIpc) is 3.33. The molecule has 1 amide bonds. The smallest absolute Gasteiger partial charge is 0.257 e. The Bertz CT molecular complexity index is 1070. The number of allylic oxidation sites excluding steroid dienone is 1. The van der Waals surface area contributed by atoms with E-state index in [1.807, 2.05) is 6.08 Å². The summed E-state index contributed by atoms with van der Waals surface area (Å²) in [7, 11) is -3.28. The third-order valence-electron chi connectivity index (χ3n) is 5.76. The fourth-order valence-corrected chi connectivity index (χ4v) is 6.22. The lowest BCUT2D eigenvalue weighted by Crippen LogP contribution is -2.15. The third-order valence-corrected chi connectivity index (χ3v) is 8.81. The highest BCUT2D eigenvalue weighted by Crippen LogP contribution is 2.35. The summed E-state index contributed by atoms with van der Waals surface area (Å²) in [6.45, 7) is -0.444. The number of hydrogen-bond donors (Lipinski definition) is 3. The molecule has 3 N–H and O–H groups in total. The summed E-state index contributed by atoms with van der Waals surface area (Å²) in [6.07, 6.45) is 6.61. The summed E-state index contributed by atoms with van der Waals surface area (Å²) in [5.74, 6) is -0.0252. The van der Waals surface area contributed by atoms with Gasteiger partial charge < -0.3 is 10.2 Å². The fourth-order valence-electron chi connectivity index (χ4n) is 3.81. The summed E-state index contributed by atoms with van der Waals surface area (Å²) in [4.78, 5) is 17.6. The first-order valence-electron chi connectivity index (χ1n) is 10.5. The van der Waals surface area contributed by atoms with Gasteiger partial charge in [0.05, 0.1) is 22.4 Å². The van der Waals surface area contributed by atoms with Crippen LogP contribution in [0.15, 0.2) is 40.6 Å². The Kier molecular flexibility index (Phi) is 6.57. The minimum atomic E-state index is -3.28. The van der Waals surface area contributed by atoms with Gasteiger partial charge in [0.1, 0.15) is 6.10 Å². The Balaban J connectivity index is 1.58. The lowest BCUT2D eigenvalue weighted by molar-refractivity contribution is -0.111. The molecule has 166 valence electrons. The molecule has 1 atom stereocenters. The Labute approximate surface area is 185 Å². The maximum absolute atomic E-state index is 13.1. The van der Waals surface area contributed by atoms with Gasteiger partial charge >= 0.3 is 0 Å². The fraction of sp³-hybridized carbons (Fsp3) is 0.455. The van der Waals surface area contributed by atoms with Crippen LogP contribution in [0.5, 0.6) is 0 Å². The molecule has 0 spiro atoms. The van der Waals surface area contributed by atoms with Crippen molar-refractivity contribution in [2.45, 2.75) is 54.8 Å². The van der Waals surface area contributed by atoms with Crippen LogP contribution in [0.1, 0.15) is 55.9 Å². The quantitative estimate of drug-likeness (QED) is 0.518. The number of thiazole rings is 1. The maximum atomic E-state index is 13.1. The first-order valence-corrected chi connectivity index (χ1v) is 12.9. The summed E-state index contributed by atoms with van der Waals surface area (Å²) in [5.41, 5.74) is 1.45. The highest BCUT2D eigenvalue weighted by molar-refractivity contribution is 7.92. The molecule has 2 aromatic rings. The summed E-state index contributed by atoms with van der Waals surface area (Å²) >= 11 is 1.17. The van der Waals surface area contributed by atoms with Crippen LogP contribution in [0.25, 0.3) is 5.57 Å². The number of sulfone groups is 1. The van der Waals surface area contributed by atoms with E-state index >= 15 is 0 Å². The maximum Gasteiger partial charge on any atom is 0.257 e. The lowest BCUT2D eigenvalue weighted by Gasteiger charge is -2.12. The third kappa shape index (κ3) is 5.06. The van der Waals surface area contributed by atoms with Crippen molar-refractivity contribution in [1.29, 1.82) is 0 Å². The monoisotopic (exact) mass is 462 g/mol. The van der Waals surface area contributed by atoms with Gasteiger partial charge in [-0.3, -0.25) is 10.1 Å². The van der Waals surface area contributed by atoms with Gasteiger partial charge in [-0.1, -0.05) is 31.1 Å². The topological polar surface area (TPSA) is 117 Å². The number of carbonyl (C=O) groups is 1. The molecule has 1 aromatic carbocycles. The van der Waals surface area contributed by atoms with E-state index in [1.54, 1.807) is 29.6 Å². The second kappa shape index (κ2) is 9.20. The molecule has 4 rings (SSSR count). The molecule has 0 radical (unpaired) electrons. The molecular formula is C22H26N2O5S2.